The molecule has 0 atom stereocenters. The van der Waals surface area contributed by atoms with Gasteiger partial charge in [-0.3, -0.25) is 14.4 Å². The number of hydrogen-bond acceptors (Lipinski definition) is 4. The minimum atomic E-state index is -1.17. The van der Waals surface area contributed by atoms with Crippen LogP contribution in [0.1, 0.15) is 23.7 Å². The molecule has 0 aliphatic rings. The smallest absolute Gasteiger partial charge is 0.311 e. The highest BCUT2D eigenvalue weighted by atomic mass is 16.5. The minimum absolute atomic E-state index is 0.276. The van der Waals surface area contributed by atoms with Crippen molar-refractivity contribution in [3.63, 3.8) is 0 Å². The van der Waals surface area contributed by atoms with E-state index in [-0.39, 0.29) is 5.56 Å². The van der Waals surface area contributed by atoms with Crippen LogP contribution in [0.3, 0.4) is 0 Å². The number of ketones is 1. The van der Waals surface area contributed by atoms with E-state index in [0.717, 1.165) is 0 Å². The number of Topliss-reactive ketones (excluding diaryl/α,β-unsaturated/α-hetero) is 1. The van der Waals surface area contributed by atoms with Crippen LogP contribution in [0.15, 0.2) is 24.3 Å². The molecule has 1 rings (SSSR count). The molecule has 1 N–H and O–H groups in total. The Morgan fingerprint density at radius 3 is 2.19 bits per heavy atom. The van der Waals surface area contributed by atoms with E-state index < -0.39 is 24.1 Å². The average Bonchev–Trinajstić information content (AvgIpc) is 2.16. The monoisotopic (exact) mass is 222 g/mol. The second-order valence-corrected chi connectivity index (χ2v) is 3.11. The molecule has 0 saturated carbocycles. The van der Waals surface area contributed by atoms with Crippen molar-refractivity contribution in [3.8, 4) is 5.75 Å². The number of benzene rings is 1. The molecule has 0 aliphatic heterocycles. The maximum absolute atomic E-state index is 11.3. The Kier molecular flexibility index (Phi) is 3.77. The Hall–Kier alpha value is -2.17. The van der Waals surface area contributed by atoms with Gasteiger partial charge in [0.25, 0.3) is 0 Å². The van der Waals surface area contributed by atoms with Crippen molar-refractivity contribution in [2.45, 2.75) is 13.3 Å². The number of carbonyl (C=O) groups is 3. The zero-order valence-electron chi connectivity index (χ0n) is 8.60. The number of esters is 1. The van der Waals surface area contributed by atoms with Gasteiger partial charge in [0, 0.05) is 12.5 Å². The summed E-state index contributed by atoms with van der Waals surface area (Å²) in [4.78, 5) is 32.2. The van der Waals surface area contributed by atoms with E-state index in [2.05, 4.69) is 0 Å². The van der Waals surface area contributed by atoms with Crippen LogP contribution in [-0.4, -0.2) is 22.8 Å². The summed E-state index contributed by atoms with van der Waals surface area (Å²) in [5.41, 5.74) is 0.276. The summed E-state index contributed by atoms with van der Waals surface area (Å²) in [5, 5.41) is 8.43. The molecule has 0 heterocycles. The van der Waals surface area contributed by atoms with Crippen LogP contribution < -0.4 is 4.74 Å². The predicted molar refractivity (Wildman–Crippen MR) is 54.3 cm³/mol. The lowest BCUT2D eigenvalue weighted by atomic mass is 10.1. The van der Waals surface area contributed by atoms with E-state index in [1.807, 2.05) is 0 Å². The van der Waals surface area contributed by atoms with Gasteiger partial charge in [-0.05, 0) is 24.3 Å². The van der Waals surface area contributed by atoms with Crippen LogP contribution in [0.4, 0.5) is 0 Å². The molecule has 0 amide bonds. The third-order valence-electron chi connectivity index (χ3n) is 1.75. The lowest BCUT2D eigenvalue weighted by Crippen LogP contribution is -2.07. The SMILES string of the molecule is CC(=O)Oc1ccc(C(=O)CC(=O)O)cc1. The fourth-order valence-electron chi connectivity index (χ4n) is 1.11. The van der Waals surface area contributed by atoms with E-state index in [1.54, 1.807) is 0 Å². The highest BCUT2D eigenvalue weighted by Crippen LogP contribution is 2.13. The molecule has 1 aromatic carbocycles. The Morgan fingerprint density at radius 1 is 1.19 bits per heavy atom. The van der Waals surface area contributed by atoms with Gasteiger partial charge in [-0.1, -0.05) is 0 Å². The Morgan fingerprint density at radius 2 is 1.75 bits per heavy atom. The van der Waals surface area contributed by atoms with Crippen molar-refractivity contribution in [2.75, 3.05) is 0 Å². The minimum Gasteiger partial charge on any atom is -0.481 e. The van der Waals surface area contributed by atoms with Crippen molar-refractivity contribution < 1.29 is 24.2 Å². The number of ether oxygens (including phenoxy) is 1. The van der Waals surface area contributed by atoms with Crippen LogP contribution in [-0.2, 0) is 9.59 Å². The van der Waals surface area contributed by atoms with Gasteiger partial charge in [-0.15, -0.1) is 0 Å². The molecular weight excluding hydrogens is 212 g/mol. The second-order valence-electron chi connectivity index (χ2n) is 3.11. The van der Waals surface area contributed by atoms with E-state index in [1.165, 1.54) is 31.2 Å². The summed E-state index contributed by atoms with van der Waals surface area (Å²) in [6.45, 7) is 1.27. The first-order valence-corrected chi connectivity index (χ1v) is 4.52. The van der Waals surface area contributed by atoms with Gasteiger partial charge in [0.1, 0.15) is 12.2 Å². The molecule has 1 aromatic rings. The van der Waals surface area contributed by atoms with Crippen molar-refractivity contribution >= 4 is 17.7 Å². The first-order chi connectivity index (χ1) is 7.49. The molecule has 0 radical (unpaired) electrons. The van der Waals surface area contributed by atoms with E-state index in [0.29, 0.717) is 5.75 Å². The van der Waals surface area contributed by atoms with Crippen molar-refractivity contribution in [1.29, 1.82) is 0 Å². The first kappa shape index (κ1) is 11.9. The van der Waals surface area contributed by atoms with Crippen LogP contribution in [0, 0.1) is 0 Å². The van der Waals surface area contributed by atoms with E-state index in [4.69, 9.17) is 9.84 Å². The Balaban J connectivity index is 2.74. The Labute approximate surface area is 91.6 Å². The summed E-state index contributed by atoms with van der Waals surface area (Å²) in [6, 6.07) is 5.72. The van der Waals surface area contributed by atoms with E-state index >= 15 is 0 Å². The molecule has 0 aliphatic carbocycles. The van der Waals surface area contributed by atoms with Crippen LogP contribution in [0.5, 0.6) is 5.75 Å². The zero-order chi connectivity index (χ0) is 12.1. The molecule has 84 valence electrons. The average molecular weight is 222 g/mol. The summed E-state index contributed by atoms with van der Waals surface area (Å²) in [6.07, 6.45) is -0.549. The van der Waals surface area contributed by atoms with Crippen molar-refractivity contribution in [3.05, 3.63) is 29.8 Å². The summed E-state index contributed by atoms with van der Waals surface area (Å²) < 4.78 is 4.76. The van der Waals surface area contributed by atoms with E-state index in [9.17, 15) is 14.4 Å². The van der Waals surface area contributed by atoms with Crippen molar-refractivity contribution in [1.82, 2.24) is 0 Å². The third kappa shape index (κ3) is 3.53. The second kappa shape index (κ2) is 5.06. The van der Waals surface area contributed by atoms with Crippen LogP contribution in [0.2, 0.25) is 0 Å². The first-order valence-electron chi connectivity index (χ1n) is 4.52. The quantitative estimate of drug-likeness (QED) is 0.359. The topological polar surface area (TPSA) is 80.7 Å². The molecule has 16 heavy (non-hydrogen) atoms. The van der Waals surface area contributed by atoms with Crippen molar-refractivity contribution in [2.24, 2.45) is 0 Å². The van der Waals surface area contributed by atoms with Crippen LogP contribution in [0.25, 0.3) is 0 Å². The number of carbonyl (C=O) groups excluding carboxylic acids is 2. The van der Waals surface area contributed by atoms with Crippen LogP contribution >= 0.6 is 0 Å². The lowest BCUT2D eigenvalue weighted by Gasteiger charge is -2.02. The summed E-state index contributed by atoms with van der Waals surface area (Å²) >= 11 is 0. The molecule has 5 heteroatoms. The number of rotatable bonds is 4. The zero-order valence-corrected chi connectivity index (χ0v) is 8.60. The summed E-state index contributed by atoms with van der Waals surface area (Å²) in [7, 11) is 0. The lowest BCUT2D eigenvalue weighted by molar-refractivity contribution is -0.136. The predicted octanol–water partition coefficient (Wildman–Crippen LogP) is 1.27. The van der Waals surface area contributed by atoms with Gasteiger partial charge in [-0.2, -0.15) is 0 Å². The fourth-order valence-corrected chi connectivity index (χ4v) is 1.11. The molecule has 0 spiro atoms. The highest BCUT2D eigenvalue weighted by molar-refractivity contribution is 6.05. The van der Waals surface area contributed by atoms with Gasteiger partial charge in [0.05, 0.1) is 0 Å². The van der Waals surface area contributed by atoms with Gasteiger partial charge >= 0.3 is 11.9 Å². The number of carboxylic acid groups (broad SMARTS) is 1. The number of hydrogen-bond donors (Lipinski definition) is 1. The summed E-state index contributed by atoms with van der Waals surface area (Å²) in [5.74, 6) is -1.79. The van der Waals surface area contributed by atoms with Gasteiger partial charge < -0.3 is 9.84 Å². The molecular formula is C11H10O5. The number of carboxylic acids is 1. The molecule has 0 bridgehead atoms. The van der Waals surface area contributed by atoms with Gasteiger partial charge in [-0.25, -0.2) is 0 Å². The normalized spacial score (nSPS) is 9.56. The third-order valence-corrected chi connectivity index (χ3v) is 1.75. The highest BCUT2D eigenvalue weighted by Gasteiger charge is 2.10. The van der Waals surface area contributed by atoms with Gasteiger partial charge in [0.2, 0.25) is 0 Å². The Bertz CT molecular complexity index is 419. The maximum atomic E-state index is 11.3. The number of aliphatic carboxylic acids is 1. The molecule has 0 unspecified atom stereocenters. The standard InChI is InChI=1S/C11H10O5/c1-7(12)16-9-4-2-8(3-5-9)10(13)6-11(14)15/h2-5H,6H2,1H3,(H,14,15). The van der Waals surface area contributed by atoms with Gasteiger partial charge in [0.15, 0.2) is 5.78 Å². The molecule has 0 aromatic heterocycles. The molecule has 0 saturated heterocycles. The largest absolute Gasteiger partial charge is 0.481 e. The fraction of sp³-hybridized carbons (Fsp3) is 0.182. The molecule has 5 nitrogen and oxygen atoms in total. The molecule has 0 fully saturated rings. The maximum Gasteiger partial charge on any atom is 0.311 e.